The molecule has 0 spiro atoms. The molecule has 2 rings (SSSR count). The Bertz CT molecular complexity index is 742. The van der Waals surface area contributed by atoms with E-state index in [4.69, 9.17) is 5.73 Å². The zero-order valence-corrected chi connectivity index (χ0v) is 14.4. The van der Waals surface area contributed by atoms with Crippen LogP contribution in [0.5, 0.6) is 0 Å². The third-order valence-corrected chi connectivity index (χ3v) is 4.85. The number of hydrogen-bond donors (Lipinski definition) is 1. The molecule has 1 heterocycles. The molecular weight excluding hydrogens is 310 g/mol. The lowest BCUT2D eigenvalue weighted by Gasteiger charge is -2.14. The Morgan fingerprint density at radius 2 is 2.04 bits per heavy atom. The number of fused-ring (bicyclic) bond motifs is 1. The summed E-state index contributed by atoms with van der Waals surface area (Å²) >= 11 is 1.25. The number of nitrogens with zero attached hydrogens (tertiary/aromatic N) is 2. The van der Waals surface area contributed by atoms with E-state index < -0.39 is 11.2 Å². The highest BCUT2D eigenvalue weighted by Crippen LogP contribution is 2.22. The first-order valence-electron chi connectivity index (χ1n) is 8.00. The van der Waals surface area contributed by atoms with Crippen LogP contribution in [0.3, 0.4) is 0 Å². The second kappa shape index (κ2) is 8.15. The summed E-state index contributed by atoms with van der Waals surface area (Å²) in [4.78, 5) is 28.7. The summed E-state index contributed by atoms with van der Waals surface area (Å²) in [6, 6.07) is 7.30. The normalized spacial score (nSPS) is 12.4. The van der Waals surface area contributed by atoms with E-state index in [1.54, 1.807) is 17.6 Å². The van der Waals surface area contributed by atoms with Crippen molar-refractivity contribution in [2.75, 3.05) is 0 Å². The molecule has 2 aromatic rings. The van der Waals surface area contributed by atoms with E-state index >= 15 is 0 Å². The standard InChI is InChI=1S/C17H23N3O2S/c1-3-4-5-8-11-20-16(22)13-9-6-7-10-14(13)19-17(20)23-12(2)15(18)21/h6-7,9-10,12H,3-5,8,11H2,1-2H3,(H2,18,21). The second-order valence-electron chi connectivity index (χ2n) is 5.59. The number of carbonyl (C=O) groups is 1. The molecule has 0 aliphatic rings. The van der Waals surface area contributed by atoms with Crippen LogP contribution in [0.15, 0.2) is 34.2 Å². The molecule has 0 fully saturated rings. The number of hydrogen-bond acceptors (Lipinski definition) is 4. The Morgan fingerprint density at radius 3 is 2.74 bits per heavy atom. The van der Waals surface area contributed by atoms with E-state index in [2.05, 4.69) is 11.9 Å². The molecule has 0 saturated carbocycles. The van der Waals surface area contributed by atoms with E-state index in [9.17, 15) is 9.59 Å². The van der Waals surface area contributed by atoms with Crippen LogP contribution < -0.4 is 11.3 Å². The van der Waals surface area contributed by atoms with Crippen LogP contribution in [0, 0.1) is 0 Å². The first kappa shape index (κ1) is 17.5. The van der Waals surface area contributed by atoms with Gasteiger partial charge in [-0.05, 0) is 25.5 Å². The van der Waals surface area contributed by atoms with Crippen LogP contribution in [0.1, 0.15) is 39.5 Å². The quantitative estimate of drug-likeness (QED) is 0.458. The highest BCUT2D eigenvalue weighted by Gasteiger charge is 2.17. The van der Waals surface area contributed by atoms with Crippen molar-refractivity contribution in [3.8, 4) is 0 Å². The SMILES string of the molecule is CCCCCCn1c(SC(C)C(N)=O)nc2ccccc2c1=O. The monoisotopic (exact) mass is 333 g/mol. The van der Waals surface area contributed by atoms with Gasteiger partial charge in [0, 0.05) is 6.54 Å². The first-order valence-corrected chi connectivity index (χ1v) is 8.88. The maximum Gasteiger partial charge on any atom is 0.262 e. The Labute approximate surface area is 140 Å². The minimum atomic E-state index is -0.426. The summed E-state index contributed by atoms with van der Waals surface area (Å²) in [6.45, 7) is 4.50. The van der Waals surface area contributed by atoms with Crippen LogP contribution in [0.25, 0.3) is 10.9 Å². The van der Waals surface area contributed by atoms with Crippen LogP contribution in [0.2, 0.25) is 0 Å². The van der Waals surface area contributed by atoms with Crippen molar-refractivity contribution >= 4 is 28.6 Å². The molecule has 124 valence electrons. The fraction of sp³-hybridized carbons (Fsp3) is 0.471. The molecule has 1 aromatic heterocycles. The predicted molar refractivity (Wildman–Crippen MR) is 94.7 cm³/mol. The lowest BCUT2D eigenvalue weighted by atomic mass is 10.2. The summed E-state index contributed by atoms with van der Waals surface area (Å²) < 4.78 is 1.68. The van der Waals surface area contributed by atoms with E-state index in [1.807, 2.05) is 18.2 Å². The summed E-state index contributed by atoms with van der Waals surface area (Å²) in [6.07, 6.45) is 4.29. The van der Waals surface area contributed by atoms with Gasteiger partial charge in [-0.3, -0.25) is 14.2 Å². The number of unbranched alkanes of at least 4 members (excludes halogenated alkanes) is 3. The zero-order chi connectivity index (χ0) is 16.8. The number of para-hydroxylation sites is 1. The number of aromatic nitrogens is 2. The van der Waals surface area contributed by atoms with Gasteiger partial charge in [-0.2, -0.15) is 0 Å². The number of nitrogens with two attached hydrogens (primary N) is 1. The molecule has 6 heteroatoms. The number of benzene rings is 1. The van der Waals surface area contributed by atoms with Gasteiger partial charge < -0.3 is 5.73 Å². The minimum absolute atomic E-state index is 0.0498. The average molecular weight is 333 g/mol. The van der Waals surface area contributed by atoms with Crippen molar-refractivity contribution in [1.82, 2.24) is 9.55 Å². The van der Waals surface area contributed by atoms with Gasteiger partial charge in [0.15, 0.2) is 5.16 Å². The zero-order valence-electron chi connectivity index (χ0n) is 13.6. The fourth-order valence-corrected chi connectivity index (χ4v) is 3.23. The number of thioether (sulfide) groups is 1. The van der Waals surface area contributed by atoms with Gasteiger partial charge >= 0.3 is 0 Å². The van der Waals surface area contributed by atoms with Crippen molar-refractivity contribution in [1.29, 1.82) is 0 Å². The molecule has 1 aromatic carbocycles. The maximum absolute atomic E-state index is 12.8. The predicted octanol–water partition coefficient (Wildman–Crippen LogP) is 2.94. The lowest BCUT2D eigenvalue weighted by molar-refractivity contribution is -0.117. The molecule has 0 bridgehead atoms. The van der Waals surface area contributed by atoms with Crippen molar-refractivity contribution in [3.05, 3.63) is 34.6 Å². The van der Waals surface area contributed by atoms with E-state index in [1.165, 1.54) is 11.8 Å². The Morgan fingerprint density at radius 1 is 1.30 bits per heavy atom. The fourth-order valence-electron chi connectivity index (χ4n) is 2.35. The van der Waals surface area contributed by atoms with Gasteiger partial charge in [-0.25, -0.2) is 4.98 Å². The van der Waals surface area contributed by atoms with Gasteiger partial charge in [-0.15, -0.1) is 0 Å². The summed E-state index contributed by atoms with van der Waals surface area (Å²) in [5.74, 6) is -0.407. The van der Waals surface area contributed by atoms with E-state index in [0.29, 0.717) is 22.6 Å². The maximum atomic E-state index is 12.8. The molecular formula is C17H23N3O2S. The Balaban J connectivity index is 2.40. The molecule has 0 saturated heterocycles. The molecule has 2 N–H and O–H groups in total. The highest BCUT2D eigenvalue weighted by molar-refractivity contribution is 8.00. The van der Waals surface area contributed by atoms with Gasteiger partial charge in [0.1, 0.15) is 0 Å². The molecule has 0 radical (unpaired) electrons. The van der Waals surface area contributed by atoms with Crippen molar-refractivity contribution < 1.29 is 4.79 Å². The first-order chi connectivity index (χ1) is 11.0. The number of rotatable bonds is 8. The summed E-state index contributed by atoms with van der Waals surface area (Å²) in [5.41, 5.74) is 5.95. The largest absolute Gasteiger partial charge is 0.369 e. The molecule has 5 nitrogen and oxygen atoms in total. The van der Waals surface area contributed by atoms with Crippen molar-refractivity contribution in [3.63, 3.8) is 0 Å². The second-order valence-corrected chi connectivity index (χ2v) is 6.90. The van der Waals surface area contributed by atoms with Crippen LogP contribution in [-0.2, 0) is 11.3 Å². The average Bonchev–Trinajstić information content (AvgIpc) is 2.53. The van der Waals surface area contributed by atoms with Crippen LogP contribution >= 0.6 is 11.8 Å². The van der Waals surface area contributed by atoms with Gasteiger partial charge in [-0.1, -0.05) is 50.1 Å². The topological polar surface area (TPSA) is 78.0 Å². The van der Waals surface area contributed by atoms with Crippen molar-refractivity contribution in [2.24, 2.45) is 5.73 Å². The van der Waals surface area contributed by atoms with Crippen LogP contribution in [0.4, 0.5) is 0 Å². The molecule has 1 unspecified atom stereocenters. The molecule has 0 aliphatic heterocycles. The third kappa shape index (κ3) is 4.34. The van der Waals surface area contributed by atoms with E-state index in [0.717, 1.165) is 25.7 Å². The van der Waals surface area contributed by atoms with Crippen molar-refractivity contribution in [2.45, 2.75) is 56.5 Å². The summed E-state index contributed by atoms with van der Waals surface area (Å²) in [5, 5.41) is 0.750. The highest BCUT2D eigenvalue weighted by atomic mass is 32.2. The summed E-state index contributed by atoms with van der Waals surface area (Å²) in [7, 11) is 0. The number of carbonyl (C=O) groups excluding carboxylic acids is 1. The molecule has 0 aliphatic carbocycles. The third-order valence-electron chi connectivity index (χ3n) is 3.74. The smallest absolute Gasteiger partial charge is 0.262 e. The Hall–Kier alpha value is -1.82. The minimum Gasteiger partial charge on any atom is -0.369 e. The lowest BCUT2D eigenvalue weighted by Crippen LogP contribution is -2.27. The van der Waals surface area contributed by atoms with E-state index in [-0.39, 0.29) is 5.56 Å². The molecule has 1 atom stereocenters. The number of amides is 1. The Kier molecular flexibility index (Phi) is 6.21. The van der Waals surface area contributed by atoms with Gasteiger partial charge in [0.2, 0.25) is 5.91 Å². The molecule has 1 amide bonds. The molecule has 23 heavy (non-hydrogen) atoms. The van der Waals surface area contributed by atoms with Gasteiger partial charge in [0.05, 0.1) is 16.2 Å². The number of primary amides is 1. The van der Waals surface area contributed by atoms with Gasteiger partial charge in [0.25, 0.3) is 5.56 Å². The van der Waals surface area contributed by atoms with Crippen LogP contribution in [-0.4, -0.2) is 20.7 Å².